The van der Waals surface area contributed by atoms with Gasteiger partial charge in [-0.1, -0.05) is 11.6 Å². The van der Waals surface area contributed by atoms with Gasteiger partial charge in [-0.25, -0.2) is 9.50 Å². The minimum Gasteiger partial charge on any atom is -0.293 e. The first-order valence-electron chi connectivity index (χ1n) is 4.23. The second-order valence-corrected chi connectivity index (χ2v) is 4.34. The topological polar surface area (TPSA) is 47.3 Å². The van der Waals surface area contributed by atoms with E-state index in [0.717, 1.165) is 10.2 Å². The van der Waals surface area contributed by atoms with Crippen molar-refractivity contribution in [2.75, 3.05) is 0 Å². The lowest BCUT2D eigenvalue weighted by molar-refractivity contribution is 0.101. The molecule has 0 atom stereocenters. The molecule has 2 rings (SSSR count). The van der Waals surface area contributed by atoms with Crippen LogP contribution in [0.4, 0.5) is 0 Å². The third kappa shape index (κ3) is 1.66. The second kappa shape index (κ2) is 3.57. The summed E-state index contributed by atoms with van der Waals surface area (Å²) in [5, 5.41) is 4.55. The fourth-order valence-electron chi connectivity index (χ4n) is 1.24. The average Bonchev–Trinajstić information content (AvgIpc) is 2.45. The second-order valence-electron chi connectivity index (χ2n) is 3.16. The van der Waals surface area contributed by atoms with Crippen LogP contribution in [-0.4, -0.2) is 20.4 Å². The van der Waals surface area contributed by atoms with Gasteiger partial charge in [-0.3, -0.25) is 4.79 Å². The molecule has 0 amide bonds. The summed E-state index contributed by atoms with van der Waals surface area (Å²) in [6.07, 6.45) is 0. The van der Waals surface area contributed by atoms with E-state index in [-0.39, 0.29) is 5.78 Å². The summed E-state index contributed by atoms with van der Waals surface area (Å²) < 4.78 is 2.25. The van der Waals surface area contributed by atoms with Crippen molar-refractivity contribution in [3.8, 4) is 0 Å². The molecule has 0 aliphatic rings. The van der Waals surface area contributed by atoms with Gasteiger partial charge in [0.1, 0.15) is 10.8 Å². The highest BCUT2D eigenvalue weighted by atomic mass is 79.9. The smallest absolute Gasteiger partial charge is 0.178 e. The van der Waals surface area contributed by atoms with Gasteiger partial charge in [0, 0.05) is 13.0 Å². The Morgan fingerprint density at radius 3 is 2.87 bits per heavy atom. The Hall–Kier alpha value is -0.940. The molecule has 0 unspecified atom stereocenters. The Morgan fingerprint density at radius 2 is 2.27 bits per heavy atom. The summed E-state index contributed by atoms with van der Waals surface area (Å²) in [5.41, 5.74) is 1.68. The number of Topliss-reactive ketones (excluding diaryl/α,β-unsaturated/α-hetero) is 1. The Bertz CT molecular complexity index is 564. The van der Waals surface area contributed by atoms with Crippen molar-refractivity contribution in [1.29, 1.82) is 0 Å². The first-order valence-corrected chi connectivity index (χ1v) is 5.40. The molecule has 0 saturated heterocycles. The molecule has 0 aliphatic carbocycles. The summed E-state index contributed by atoms with van der Waals surface area (Å²) in [6.45, 7) is 3.29. The lowest BCUT2D eigenvalue weighted by Gasteiger charge is -1.99. The molecule has 0 aliphatic heterocycles. The highest BCUT2D eigenvalue weighted by molar-refractivity contribution is 9.10. The van der Waals surface area contributed by atoms with Gasteiger partial charge in [0.15, 0.2) is 11.4 Å². The van der Waals surface area contributed by atoms with Crippen LogP contribution < -0.4 is 0 Å². The Morgan fingerprint density at radius 1 is 1.60 bits per heavy atom. The standard InChI is InChI=1S/C9H7BrClN3O/c1-4-8(10)9-12-6(5(2)15)3-7(11)14(9)13-4/h3H,1-2H3. The predicted octanol–water partition coefficient (Wildman–Crippen LogP) is 2.66. The van der Waals surface area contributed by atoms with Crippen molar-refractivity contribution in [3.05, 3.63) is 27.1 Å². The van der Waals surface area contributed by atoms with E-state index in [9.17, 15) is 4.79 Å². The van der Waals surface area contributed by atoms with Gasteiger partial charge in [-0.2, -0.15) is 5.10 Å². The monoisotopic (exact) mass is 287 g/mol. The number of ketones is 1. The number of halogens is 2. The zero-order valence-corrected chi connectivity index (χ0v) is 10.4. The van der Waals surface area contributed by atoms with Gasteiger partial charge in [0.25, 0.3) is 0 Å². The van der Waals surface area contributed by atoms with E-state index in [4.69, 9.17) is 11.6 Å². The molecule has 2 aromatic heterocycles. The molecule has 0 saturated carbocycles. The zero-order valence-electron chi connectivity index (χ0n) is 8.08. The fourth-order valence-corrected chi connectivity index (χ4v) is 1.80. The van der Waals surface area contributed by atoms with Gasteiger partial charge >= 0.3 is 0 Å². The van der Waals surface area contributed by atoms with E-state index in [1.807, 2.05) is 6.92 Å². The number of aromatic nitrogens is 3. The van der Waals surface area contributed by atoms with Crippen LogP contribution in [0.3, 0.4) is 0 Å². The molecule has 0 radical (unpaired) electrons. The Kier molecular flexibility index (Phi) is 2.52. The van der Waals surface area contributed by atoms with E-state index in [1.54, 1.807) is 0 Å². The van der Waals surface area contributed by atoms with Crippen molar-refractivity contribution in [2.24, 2.45) is 0 Å². The molecule has 2 heterocycles. The molecule has 0 bridgehead atoms. The number of aryl methyl sites for hydroxylation is 1. The van der Waals surface area contributed by atoms with Crippen molar-refractivity contribution in [2.45, 2.75) is 13.8 Å². The molecule has 0 spiro atoms. The van der Waals surface area contributed by atoms with E-state index in [1.165, 1.54) is 17.5 Å². The van der Waals surface area contributed by atoms with Crippen molar-refractivity contribution in [1.82, 2.24) is 14.6 Å². The van der Waals surface area contributed by atoms with Crippen LogP contribution in [0.1, 0.15) is 23.1 Å². The highest BCUT2D eigenvalue weighted by Gasteiger charge is 2.13. The first-order chi connectivity index (χ1) is 7.00. The molecule has 0 N–H and O–H groups in total. The lowest BCUT2D eigenvalue weighted by atomic mass is 10.3. The summed E-state index contributed by atoms with van der Waals surface area (Å²) in [4.78, 5) is 15.4. The van der Waals surface area contributed by atoms with Crippen molar-refractivity contribution >= 4 is 39.0 Å². The van der Waals surface area contributed by atoms with Crippen LogP contribution in [-0.2, 0) is 0 Å². The van der Waals surface area contributed by atoms with Crippen LogP contribution in [0.25, 0.3) is 5.65 Å². The quantitative estimate of drug-likeness (QED) is 0.599. The molecular weight excluding hydrogens is 281 g/mol. The molecule has 2 aromatic rings. The van der Waals surface area contributed by atoms with E-state index in [0.29, 0.717) is 16.5 Å². The molecule has 0 fully saturated rings. The third-order valence-corrected chi connectivity index (χ3v) is 3.21. The van der Waals surface area contributed by atoms with Crippen LogP contribution in [0.2, 0.25) is 5.15 Å². The molecule has 4 nitrogen and oxygen atoms in total. The maximum absolute atomic E-state index is 11.2. The minimum absolute atomic E-state index is 0.120. The SMILES string of the molecule is CC(=O)c1cc(Cl)n2nc(C)c(Br)c2n1. The van der Waals surface area contributed by atoms with Gasteiger partial charge in [0.05, 0.1) is 10.2 Å². The van der Waals surface area contributed by atoms with E-state index < -0.39 is 0 Å². The highest BCUT2D eigenvalue weighted by Crippen LogP contribution is 2.23. The van der Waals surface area contributed by atoms with Gasteiger partial charge in [-0.05, 0) is 22.9 Å². The van der Waals surface area contributed by atoms with Crippen molar-refractivity contribution in [3.63, 3.8) is 0 Å². The minimum atomic E-state index is -0.120. The van der Waals surface area contributed by atoms with Gasteiger partial charge in [0.2, 0.25) is 0 Å². The Labute approximate surface area is 99.4 Å². The average molecular weight is 289 g/mol. The number of carbonyl (C=O) groups is 1. The van der Waals surface area contributed by atoms with Crippen molar-refractivity contribution < 1.29 is 4.79 Å². The third-order valence-electron chi connectivity index (χ3n) is 2.01. The summed E-state index contributed by atoms with van der Waals surface area (Å²) >= 11 is 9.33. The largest absolute Gasteiger partial charge is 0.293 e. The lowest BCUT2D eigenvalue weighted by Crippen LogP contribution is -2.01. The maximum Gasteiger partial charge on any atom is 0.178 e. The normalized spacial score (nSPS) is 10.9. The molecule has 0 aromatic carbocycles. The molecule has 78 valence electrons. The first kappa shape index (κ1) is 10.6. The predicted molar refractivity (Wildman–Crippen MR) is 60.4 cm³/mol. The Balaban J connectivity index is 2.85. The molecule has 6 heteroatoms. The molecule has 15 heavy (non-hydrogen) atoms. The van der Waals surface area contributed by atoms with Gasteiger partial charge < -0.3 is 0 Å². The van der Waals surface area contributed by atoms with Gasteiger partial charge in [-0.15, -0.1) is 0 Å². The summed E-state index contributed by atoms with van der Waals surface area (Å²) in [7, 11) is 0. The zero-order chi connectivity index (χ0) is 11.2. The number of carbonyl (C=O) groups excluding carboxylic acids is 1. The fraction of sp³-hybridized carbons (Fsp3) is 0.222. The molecular formula is C9H7BrClN3O. The summed E-state index contributed by atoms with van der Waals surface area (Å²) in [6, 6.07) is 1.51. The number of fused-ring (bicyclic) bond motifs is 1. The number of nitrogens with zero attached hydrogens (tertiary/aromatic N) is 3. The van der Waals surface area contributed by atoms with Crippen LogP contribution in [0.5, 0.6) is 0 Å². The number of rotatable bonds is 1. The van der Waals surface area contributed by atoms with Crippen LogP contribution >= 0.6 is 27.5 Å². The van der Waals surface area contributed by atoms with Crippen LogP contribution in [0, 0.1) is 6.92 Å². The number of hydrogen-bond acceptors (Lipinski definition) is 3. The number of hydrogen-bond donors (Lipinski definition) is 0. The van der Waals surface area contributed by atoms with E-state index >= 15 is 0 Å². The van der Waals surface area contributed by atoms with E-state index in [2.05, 4.69) is 26.0 Å². The maximum atomic E-state index is 11.2. The van der Waals surface area contributed by atoms with Crippen LogP contribution in [0.15, 0.2) is 10.5 Å². The summed E-state index contributed by atoms with van der Waals surface area (Å²) in [5.74, 6) is -0.120.